The highest BCUT2D eigenvalue weighted by Crippen LogP contribution is 2.26. The molecule has 0 unspecified atom stereocenters. The van der Waals surface area contributed by atoms with Gasteiger partial charge in [0.15, 0.2) is 0 Å². The summed E-state index contributed by atoms with van der Waals surface area (Å²) in [5.41, 5.74) is 1.20. The Bertz CT molecular complexity index is 1070. The molecule has 146 valence electrons. The van der Waals surface area contributed by atoms with Crippen molar-refractivity contribution in [2.24, 2.45) is 7.05 Å². The van der Waals surface area contributed by atoms with Gasteiger partial charge in [-0.25, -0.2) is 27.2 Å². The Kier molecular flexibility index (Phi) is 5.24. The van der Waals surface area contributed by atoms with Gasteiger partial charge in [0.2, 0.25) is 10.0 Å². The summed E-state index contributed by atoms with van der Waals surface area (Å²) in [6, 6.07) is 1.62. The largest absolute Gasteiger partial charge is 0.364 e. The molecular weight excluding hydrogens is 380 g/mol. The van der Waals surface area contributed by atoms with E-state index in [9.17, 15) is 22.0 Å². The minimum atomic E-state index is -3.29. The first-order valence-electron chi connectivity index (χ1n) is 8.19. The van der Waals surface area contributed by atoms with E-state index < -0.39 is 28.6 Å². The second-order valence-corrected chi connectivity index (χ2v) is 8.27. The van der Waals surface area contributed by atoms with Gasteiger partial charge in [-0.05, 0) is 18.1 Å². The van der Waals surface area contributed by atoms with Crippen LogP contribution in [0.5, 0.6) is 0 Å². The number of aromatic nitrogens is 3. The lowest BCUT2D eigenvalue weighted by atomic mass is 10.0. The van der Waals surface area contributed by atoms with Crippen LogP contribution in [-0.4, -0.2) is 59.6 Å². The van der Waals surface area contributed by atoms with E-state index in [2.05, 4.69) is 15.3 Å². The van der Waals surface area contributed by atoms with Gasteiger partial charge in [0.1, 0.15) is 11.2 Å². The minimum absolute atomic E-state index is 0.0444. The van der Waals surface area contributed by atoms with Crippen molar-refractivity contribution in [1.29, 1.82) is 0 Å². The van der Waals surface area contributed by atoms with Crippen LogP contribution in [0.3, 0.4) is 0 Å². The molecular formula is C16H19F2N5O3S. The van der Waals surface area contributed by atoms with E-state index >= 15 is 0 Å². The second kappa shape index (κ2) is 7.31. The third kappa shape index (κ3) is 4.14. The molecule has 0 aromatic carbocycles. The monoisotopic (exact) mass is 399 g/mol. The maximum Gasteiger partial charge on any atom is 0.264 e. The lowest BCUT2D eigenvalue weighted by Gasteiger charge is -2.24. The molecule has 1 aliphatic heterocycles. The second-order valence-electron chi connectivity index (χ2n) is 6.28. The Labute approximate surface area is 154 Å². The number of nitrogens with one attached hydrogen (secondary N) is 1. The van der Waals surface area contributed by atoms with Crippen LogP contribution in [0.4, 0.5) is 14.6 Å². The van der Waals surface area contributed by atoms with Crippen molar-refractivity contribution < 1.29 is 17.2 Å². The SMILES string of the molecule is Cn1cnc2cc(C3=CCN(S(C)(=O)=O)CC3)nc(NCC(F)F)c2c1=O. The van der Waals surface area contributed by atoms with Crippen molar-refractivity contribution >= 4 is 32.3 Å². The number of aryl methyl sites for hydroxylation is 1. The maximum atomic E-state index is 12.6. The molecule has 1 N–H and O–H groups in total. The Morgan fingerprint density at radius 2 is 2.11 bits per heavy atom. The zero-order chi connectivity index (χ0) is 19.8. The van der Waals surface area contributed by atoms with Crippen molar-refractivity contribution in [2.75, 3.05) is 31.2 Å². The average molecular weight is 399 g/mol. The van der Waals surface area contributed by atoms with E-state index in [0.717, 1.165) is 11.8 Å². The number of anilines is 1. The van der Waals surface area contributed by atoms with Crippen molar-refractivity contribution in [1.82, 2.24) is 18.8 Å². The summed E-state index contributed by atoms with van der Waals surface area (Å²) >= 11 is 0. The molecule has 0 saturated heterocycles. The molecule has 0 radical (unpaired) electrons. The molecule has 0 spiro atoms. The summed E-state index contributed by atoms with van der Waals surface area (Å²) in [6.45, 7) is -0.143. The van der Waals surface area contributed by atoms with Crippen LogP contribution in [0, 0.1) is 0 Å². The van der Waals surface area contributed by atoms with Gasteiger partial charge < -0.3 is 9.88 Å². The van der Waals surface area contributed by atoms with E-state index in [1.165, 1.54) is 22.2 Å². The molecule has 2 aromatic rings. The summed E-state index contributed by atoms with van der Waals surface area (Å²) in [5.74, 6) is 0.0444. The van der Waals surface area contributed by atoms with E-state index in [1.807, 2.05) is 0 Å². The fraction of sp³-hybridized carbons (Fsp3) is 0.438. The molecule has 0 bridgehead atoms. The zero-order valence-corrected chi connectivity index (χ0v) is 15.6. The number of hydrogen-bond donors (Lipinski definition) is 1. The Morgan fingerprint density at radius 1 is 1.37 bits per heavy atom. The van der Waals surface area contributed by atoms with Crippen molar-refractivity contribution in [3.8, 4) is 0 Å². The molecule has 0 aliphatic carbocycles. The minimum Gasteiger partial charge on any atom is -0.364 e. The molecule has 0 fully saturated rings. The van der Waals surface area contributed by atoms with Crippen LogP contribution in [0.1, 0.15) is 12.1 Å². The highest BCUT2D eigenvalue weighted by molar-refractivity contribution is 7.88. The van der Waals surface area contributed by atoms with Crippen LogP contribution >= 0.6 is 0 Å². The number of pyridine rings is 1. The predicted octanol–water partition coefficient (Wildman–Crippen LogP) is 1.05. The molecule has 0 atom stereocenters. The lowest BCUT2D eigenvalue weighted by Crippen LogP contribution is -2.33. The van der Waals surface area contributed by atoms with Crippen LogP contribution < -0.4 is 10.9 Å². The quantitative estimate of drug-likeness (QED) is 0.807. The van der Waals surface area contributed by atoms with Gasteiger partial charge in [0.05, 0.1) is 30.3 Å². The van der Waals surface area contributed by atoms with Gasteiger partial charge in [0.25, 0.3) is 12.0 Å². The zero-order valence-electron chi connectivity index (χ0n) is 14.8. The van der Waals surface area contributed by atoms with Crippen LogP contribution in [0.2, 0.25) is 0 Å². The topological polar surface area (TPSA) is 97.2 Å². The van der Waals surface area contributed by atoms with Gasteiger partial charge in [-0.1, -0.05) is 6.08 Å². The third-order valence-corrected chi connectivity index (χ3v) is 5.57. The van der Waals surface area contributed by atoms with Gasteiger partial charge in [-0.3, -0.25) is 4.79 Å². The Morgan fingerprint density at radius 3 is 2.70 bits per heavy atom. The summed E-state index contributed by atoms with van der Waals surface area (Å²) in [5, 5.41) is 2.66. The van der Waals surface area contributed by atoms with Crippen molar-refractivity contribution in [3.63, 3.8) is 0 Å². The highest BCUT2D eigenvalue weighted by Gasteiger charge is 2.22. The fourth-order valence-electron chi connectivity index (χ4n) is 2.87. The molecule has 0 amide bonds. The molecule has 2 aromatic heterocycles. The summed E-state index contributed by atoms with van der Waals surface area (Å²) in [4.78, 5) is 21.0. The summed E-state index contributed by atoms with van der Waals surface area (Å²) < 4.78 is 51.1. The fourth-order valence-corrected chi connectivity index (χ4v) is 3.64. The Balaban J connectivity index is 2.06. The molecule has 3 rings (SSSR count). The summed E-state index contributed by atoms with van der Waals surface area (Å²) in [7, 11) is -1.77. The summed E-state index contributed by atoms with van der Waals surface area (Å²) in [6.07, 6.45) is 2.04. The van der Waals surface area contributed by atoms with E-state index in [1.54, 1.807) is 12.1 Å². The van der Waals surface area contributed by atoms with E-state index in [-0.39, 0.29) is 17.7 Å². The first-order valence-corrected chi connectivity index (χ1v) is 10.0. The van der Waals surface area contributed by atoms with E-state index in [4.69, 9.17) is 0 Å². The maximum absolute atomic E-state index is 12.6. The van der Waals surface area contributed by atoms with E-state index in [0.29, 0.717) is 24.2 Å². The number of halogens is 2. The number of hydrogen-bond acceptors (Lipinski definition) is 6. The van der Waals surface area contributed by atoms with Crippen LogP contribution in [-0.2, 0) is 17.1 Å². The first kappa shape index (κ1) is 19.4. The molecule has 1 aliphatic rings. The molecule has 3 heterocycles. The number of rotatable bonds is 5. The van der Waals surface area contributed by atoms with Crippen LogP contribution in [0.15, 0.2) is 23.3 Å². The number of nitrogens with zero attached hydrogens (tertiary/aromatic N) is 4. The molecule has 8 nitrogen and oxygen atoms in total. The number of sulfonamides is 1. The van der Waals surface area contributed by atoms with Crippen LogP contribution in [0.25, 0.3) is 16.5 Å². The lowest BCUT2D eigenvalue weighted by molar-refractivity contribution is 0.163. The number of alkyl halides is 2. The van der Waals surface area contributed by atoms with Gasteiger partial charge in [0, 0.05) is 20.1 Å². The molecule has 0 saturated carbocycles. The molecule has 11 heteroatoms. The van der Waals surface area contributed by atoms with Gasteiger partial charge >= 0.3 is 0 Å². The average Bonchev–Trinajstić information content (AvgIpc) is 2.62. The normalized spacial score (nSPS) is 16.0. The van der Waals surface area contributed by atoms with Crippen molar-refractivity contribution in [2.45, 2.75) is 12.8 Å². The number of fused-ring (bicyclic) bond motifs is 1. The van der Waals surface area contributed by atoms with Gasteiger partial charge in [-0.2, -0.15) is 4.31 Å². The smallest absolute Gasteiger partial charge is 0.264 e. The highest BCUT2D eigenvalue weighted by atomic mass is 32.2. The van der Waals surface area contributed by atoms with Gasteiger partial charge in [-0.15, -0.1) is 0 Å². The predicted molar refractivity (Wildman–Crippen MR) is 98.3 cm³/mol. The first-order chi connectivity index (χ1) is 12.7. The Hall–Kier alpha value is -2.40. The molecule has 27 heavy (non-hydrogen) atoms. The third-order valence-electron chi connectivity index (χ3n) is 4.30. The van der Waals surface area contributed by atoms with Crippen molar-refractivity contribution in [3.05, 3.63) is 34.5 Å². The standard InChI is InChI=1S/C16H19F2N5O3S/c1-22-9-20-12-7-11(10-3-5-23(6-4-10)27(2,25)26)21-15(14(12)16(22)24)19-8-13(17)18/h3,7,9,13H,4-6,8H2,1-2H3,(H,19,21).